The summed E-state index contributed by atoms with van der Waals surface area (Å²) in [4.78, 5) is 33.6. The maximum atomic E-state index is 12.3. The lowest BCUT2D eigenvalue weighted by Gasteiger charge is -2.16. The summed E-state index contributed by atoms with van der Waals surface area (Å²) in [6, 6.07) is 9.77. The molecule has 9 nitrogen and oxygen atoms in total. The smallest absolute Gasteiger partial charge is 0.415 e. The highest BCUT2D eigenvalue weighted by Gasteiger charge is 2.47. The minimum Gasteiger partial charge on any atom is -0.442 e. The molecule has 0 bridgehead atoms. The average molecular weight is 390 g/mol. The lowest BCUT2D eigenvalue weighted by Crippen LogP contribution is -2.40. The van der Waals surface area contributed by atoms with Crippen molar-refractivity contribution in [3.8, 4) is 16.9 Å². The zero-order valence-electron chi connectivity index (χ0n) is 15.6. The van der Waals surface area contributed by atoms with E-state index in [0.717, 1.165) is 22.4 Å². The number of carbonyl (C=O) groups is 2. The molecule has 0 saturated carbocycles. The maximum Gasteiger partial charge on any atom is 0.415 e. The summed E-state index contributed by atoms with van der Waals surface area (Å²) in [5.41, 5.74) is 3.94. The van der Waals surface area contributed by atoms with Gasteiger partial charge in [0.05, 0.1) is 18.3 Å². The van der Waals surface area contributed by atoms with Gasteiger partial charge in [-0.05, 0) is 41.8 Å². The second kappa shape index (κ2) is 6.69. The quantitative estimate of drug-likeness (QED) is 0.728. The van der Waals surface area contributed by atoms with Gasteiger partial charge in [0.1, 0.15) is 18.8 Å². The second-order valence-electron chi connectivity index (χ2n) is 7.09. The van der Waals surface area contributed by atoms with Crippen LogP contribution in [0.1, 0.15) is 12.5 Å². The fraction of sp³-hybridized carbons (Fsp3) is 0.250. The first-order valence-electron chi connectivity index (χ1n) is 9.29. The van der Waals surface area contributed by atoms with Crippen LogP contribution in [-0.2, 0) is 16.0 Å². The monoisotopic (exact) mass is 390 g/mol. The third-order valence-corrected chi connectivity index (χ3v) is 5.26. The molecule has 3 aromatic rings. The molecule has 5 rings (SSSR count). The van der Waals surface area contributed by atoms with Gasteiger partial charge in [-0.25, -0.2) is 19.4 Å². The van der Waals surface area contributed by atoms with Crippen molar-refractivity contribution in [3.63, 3.8) is 0 Å². The van der Waals surface area contributed by atoms with Crippen LogP contribution < -0.4 is 10.2 Å². The molecule has 0 radical (unpaired) electrons. The van der Waals surface area contributed by atoms with E-state index in [1.807, 2.05) is 24.3 Å². The summed E-state index contributed by atoms with van der Waals surface area (Å²) in [5.74, 6) is 0.552. The molecule has 2 atom stereocenters. The molecule has 1 aromatic carbocycles. The number of aromatic nitrogens is 4. The number of pyridine rings is 1. The van der Waals surface area contributed by atoms with Crippen LogP contribution in [0.3, 0.4) is 0 Å². The molecule has 1 fully saturated rings. The Morgan fingerprint density at radius 2 is 2.14 bits per heavy atom. The first-order chi connectivity index (χ1) is 14.1. The molecule has 2 amide bonds. The van der Waals surface area contributed by atoms with Crippen molar-refractivity contribution in [1.29, 1.82) is 0 Å². The van der Waals surface area contributed by atoms with E-state index in [9.17, 15) is 9.59 Å². The lowest BCUT2D eigenvalue weighted by atomic mass is 10.0. The standard InChI is InChI=1S/C20H18N6O3/c1-12(27)22-9-18-17-7-15-6-13(2-4-16(15)26(17)20(28)29-18)14-3-5-19(23-8-14)25-11-21-10-24-25/h2-6,8,10-11,17-18H,7,9H2,1H3,(H,22,27)/t17-,18+/m1/s1. The van der Waals surface area contributed by atoms with E-state index in [2.05, 4.69) is 26.4 Å². The minimum atomic E-state index is -0.365. The van der Waals surface area contributed by atoms with Gasteiger partial charge in [0.15, 0.2) is 5.82 Å². The normalized spacial score (nSPS) is 19.6. The summed E-state index contributed by atoms with van der Waals surface area (Å²) >= 11 is 0. The molecule has 2 aromatic heterocycles. The predicted molar refractivity (Wildman–Crippen MR) is 104 cm³/mol. The van der Waals surface area contributed by atoms with Crippen LogP contribution in [0.2, 0.25) is 0 Å². The zero-order valence-corrected chi connectivity index (χ0v) is 15.6. The second-order valence-corrected chi connectivity index (χ2v) is 7.09. The topological polar surface area (TPSA) is 102 Å². The summed E-state index contributed by atoms with van der Waals surface area (Å²) in [7, 11) is 0. The fourth-order valence-electron chi connectivity index (χ4n) is 3.90. The Labute approximate surface area is 166 Å². The first kappa shape index (κ1) is 17.4. The Morgan fingerprint density at radius 3 is 2.86 bits per heavy atom. The minimum absolute atomic E-state index is 0.104. The summed E-state index contributed by atoms with van der Waals surface area (Å²) in [6.45, 7) is 1.77. The van der Waals surface area contributed by atoms with Gasteiger partial charge < -0.3 is 10.1 Å². The Balaban J connectivity index is 1.39. The molecule has 2 aliphatic heterocycles. The van der Waals surface area contributed by atoms with Crippen LogP contribution in [0.25, 0.3) is 16.9 Å². The van der Waals surface area contributed by atoms with E-state index in [1.54, 1.807) is 22.1 Å². The number of benzene rings is 1. The number of nitrogens with zero attached hydrogens (tertiary/aromatic N) is 5. The van der Waals surface area contributed by atoms with Crippen LogP contribution in [-0.4, -0.2) is 50.4 Å². The molecule has 1 N–H and O–H groups in total. The number of fused-ring (bicyclic) bond motifs is 3. The number of hydrogen-bond donors (Lipinski definition) is 1. The van der Waals surface area contributed by atoms with E-state index in [4.69, 9.17) is 4.74 Å². The van der Waals surface area contributed by atoms with Crippen molar-refractivity contribution in [2.24, 2.45) is 0 Å². The number of cyclic esters (lactones) is 1. The van der Waals surface area contributed by atoms with E-state index in [-0.39, 0.29) is 24.1 Å². The van der Waals surface area contributed by atoms with Gasteiger partial charge in [0.2, 0.25) is 5.91 Å². The largest absolute Gasteiger partial charge is 0.442 e. The fourth-order valence-corrected chi connectivity index (χ4v) is 3.90. The third kappa shape index (κ3) is 3.00. The number of rotatable bonds is 4. The van der Waals surface area contributed by atoms with Crippen molar-refractivity contribution in [2.45, 2.75) is 25.5 Å². The van der Waals surface area contributed by atoms with E-state index in [1.165, 1.54) is 13.3 Å². The third-order valence-electron chi connectivity index (χ3n) is 5.26. The molecule has 0 spiro atoms. The zero-order chi connectivity index (χ0) is 20.0. The maximum absolute atomic E-state index is 12.3. The highest BCUT2D eigenvalue weighted by atomic mass is 16.6. The first-order valence-corrected chi connectivity index (χ1v) is 9.29. The van der Waals surface area contributed by atoms with Crippen LogP contribution in [0.4, 0.5) is 10.5 Å². The highest BCUT2D eigenvalue weighted by molar-refractivity contribution is 5.94. The molecule has 9 heteroatoms. The SMILES string of the molecule is CC(=O)NC[C@@H]1OC(=O)N2c3ccc(-c4ccc(-n5cncn5)nc4)cc3C[C@H]12. The van der Waals surface area contributed by atoms with E-state index in [0.29, 0.717) is 18.8 Å². The van der Waals surface area contributed by atoms with Crippen molar-refractivity contribution in [3.05, 3.63) is 54.7 Å². The number of amides is 2. The van der Waals surface area contributed by atoms with Gasteiger partial charge >= 0.3 is 6.09 Å². The van der Waals surface area contributed by atoms with Crippen molar-refractivity contribution in [2.75, 3.05) is 11.4 Å². The predicted octanol–water partition coefficient (Wildman–Crippen LogP) is 1.72. The van der Waals surface area contributed by atoms with Crippen LogP contribution in [0.15, 0.2) is 49.2 Å². The van der Waals surface area contributed by atoms with Gasteiger partial charge in [-0.15, -0.1) is 0 Å². The van der Waals surface area contributed by atoms with Gasteiger partial charge in [-0.2, -0.15) is 5.10 Å². The van der Waals surface area contributed by atoms with Crippen molar-refractivity contribution < 1.29 is 14.3 Å². The van der Waals surface area contributed by atoms with Crippen LogP contribution >= 0.6 is 0 Å². The lowest BCUT2D eigenvalue weighted by molar-refractivity contribution is -0.119. The molecule has 1 saturated heterocycles. The van der Waals surface area contributed by atoms with Gasteiger partial charge in [0, 0.05) is 18.7 Å². The Morgan fingerprint density at radius 1 is 1.28 bits per heavy atom. The molecule has 0 unspecified atom stereocenters. The molecule has 29 heavy (non-hydrogen) atoms. The highest BCUT2D eigenvalue weighted by Crippen LogP contribution is 2.40. The van der Waals surface area contributed by atoms with Crippen molar-refractivity contribution >= 4 is 17.7 Å². The number of carbonyl (C=O) groups excluding carboxylic acids is 2. The van der Waals surface area contributed by atoms with Crippen molar-refractivity contribution in [1.82, 2.24) is 25.1 Å². The summed E-state index contributed by atoms with van der Waals surface area (Å²) in [6.07, 6.45) is 4.82. The van der Waals surface area contributed by atoms with Crippen LogP contribution in [0, 0.1) is 0 Å². The van der Waals surface area contributed by atoms with Crippen LogP contribution in [0.5, 0.6) is 0 Å². The Kier molecular flexibility index (Phi) is 4.01. The van der Waals surface area contributed by atoms with E-state index >= 15 is 0 Å². The molecule has 146 valence electrons. The molecule has 4 heterocycles. The number of anilines is 1. The Hall–Kier alpha value is -3.75. The number of nitrogens with one attached hydrogen (secondary N) is 1. The molecular formula is C20H18N6O3. The van der Waals surface area contributed by atoms with Gasteiger partial charge in [-0.3, -0.25) is 9.69 Å². The molecular weight excluding hydrogens is 372 g/mol. The van der Waals surface area contributed by atoms with Gasteiger partial charge in [-0.1, -0.05) is 6.07 Å². The number of hydrogen-bond acceptors (Lipinski definition) is 6. The molecule has 2 aliphatic rings. The summed E-state index contributed by atoms with van der Waals surface area (Å²) < 4.78 is 7.05. The summed E-state index contributed by atoms with van der Waals surface area (Å²) in [5, 5.41) is 6.82. The average Bonchev–Trinajstić information content (AvgIpc) is 3.44. The Bertz CT molecular complexity index is 1080. The number of ether oxygens (including phenoxy) is 1. The van der Waals surface area contributed by atoms with E-state index < -0.39 is 0 Å². The molecule has 0 aliphatic carbocycles. The van der Waals surface area contributed by atoms with Gasteiger partial charge in [0.25, 0.3) is 0 Å².